The molecular formula is C20H12BrClN2O2S. The van der Waals surface area contributed by atoms with E-state index in [2.05, 4.69) is 15.9 Å². The van der Waals surface area contributed by atoms with Crippen LogP contribution in [-0.2, 0) is 4.79 Å². The fourth-order valence-corrected chi connectivity index (χ4v) is 4.06. The SMILES string of the molecule is O=C1S/C(=C/c2cccn2-c2ccc(Br)cc2)C(=O)N1c1cccc(Cl)c1. The van der Waals surface area contributed by atoms with Gasteiger partial charge in [0.1, 0.15) is 0 Å². The van der Waals surface area contributed by atoms with Crippen LogP contribution in [0.4, 0.5) is 10.5 Å². The number of imide groups is 1. The zero-order chi connectivity index (χ0) is 19.0. The maximum Gasteiger partial charge on any atom is 0.298 e. The number of thioether (sulfide) groups is 1. The molecule has 1 aromatic heterocycles. The Morgan fingerprint density at radius 3 is 2.48 bits per heavy atom. The number of carbonyl (C=O) groups excluding carboxylic acids is 2. The first-order valence-electron chi connectivity index (χ1n) is 8.00. The summed E-state index contributed by atoms with van der Waals surface area (Å²) < 4.78 is 2.95. The Hall–Kier alpha value is -2.28. The van der Waals surface area contributed by atoms with Gasteiger partial charge in [0.15, 0.2) is 0 Å². The van der Waals surface area contributed by atoms with Gasteiger partial charge in [-0.15, -0.1) is 0 Å². The number of hydrogen-bond donors (Lipinski definition) is 0. The molecule has 1 saturated heterocycles. The van der Waals surface area contributed by atoms with E-state index in [0.717, 1.165) is 32.5 Å². The smallest absolute Gasteiger partial charge is 0.298 e. The molecule has 2 heterocycles. The average molecular weight is 460 g/mol. The molecule has 1 aliphatic rings. The molecule has 0 radical (unpaired) electrons. The summed E-state index contributed by atoms with van der Waals surface area (Å²) >= 11 is 10.3. The minimum Gasteiger partial charge on any atom is -0.317 e. The van der Waals surface area contributed by atoms with Gasteiger partial charge in [-0.3, -0.25) is 9.59 Å². The number of benzene rings is 2. The van der Waals surface area contributed by atoms with Crippen LogP contribution in [0.2, 0.25) is 5.02 Å². The molecule has 27 heavy (non-hydrogen) atoms. The van der Waals surface area contributed by atoms with Gasteiger partial charge in [-0.05, 0) is 72.4 Å². The first kappa shape index (κ1) is 18.1. The number of hydrogen-bond acceptors (Lipinski definition) is 3. The van der Waals surface area contributed by atoms with Crippen LogP contribution in [0.3, 0.4) is 0 Å². The second-order valence-corrected chi connectivity index (χ2v) is 8.12. The fourth-order valence-electron chi connectivity index (χ4n) is 2.79. The number of rotatable bonds is 3. The van der Waals surface area contributed by atoms with Gasteiger partial charge in [0, 0.05) is 27.1 Å². The van der Waals surface area contributed by atoms with Crippen molar-refractivity contribution in [2.75, 3.05) is 4.90 Å². The standard InChI is InChI=1S/C20H12BrClN2O2S/c21-13-6-8-15(9-7-13)23-10-2-5-16(23)12-18-19(25)24(20(26)27-18)17-4-1-3-14(22)11-17/h1-12H/b18-12+. The van der Waals surface area contributed by atoms with E-state index in [1.54, 1.807) is 30.3 Å². The van der Waals surface area contributed by atoms with Crippen molar-refractivity contribution in [1.82, 2.24) is 4.57 Å². The second kappa shape index (κ2) is 7.38. The predicted molar refractivity (Wildman–Crippen MR) is 113 cm³/mol. The van der Waals surface area contributed by atoms with Crippen LogP contribution in [0.5, 0.6) is 0 Å². The Kier molecular flexibility index (Phi) is 4.95. The van der Waals surface area contributed by atoms with E-state index >= 15 is 0 Å². The Labute approximate surface area is 173 Å². The van der Waals surface area contributed by atoms with Crippen molar-refractivity contribution in [3.8, 4) is 5.69 Å². The van der Waals surface area contributed by atoms with Crippen LogP contribution in [0.15, 0.2) is 76.2 Å². The van der Waals surface area contributed by atoms with Gasteiger partial charge < -0.3 is 4.57 Å². The summed E-state index contributed by atoms with van der Waals surface area (Å²) in [5, 5.41) is 0.134. The van der Waals surface area contributed by atoms with Gasteiger partial charge >= 0.3 is 0 Å². The maximum absolute atomic E-state index is 12.8. The highest BCUT2D eigenvalue weighted by Crippen LogP contribution is 2.36. The molecule has 7 heteroatoms. The highest BCUT2D eigenvalue weighted by molar-refractivity contribution is 9.10. The second-order valence-electron chi connectivity index (χ2n) is 5.78. The first-order chi connectivity index (χ1) is 13.0. The molecule has 0 aliphatic carbocycles. The van der Waals surface area contributed by atoms with E-state index in [4.69, 9.17) is 11.6 Å². The zero-order valence-electron chi connectivity index (χ0n) is 13.8. The summed E-state index contributed by atoms with van der Waals surface area (Å²) in [5.41, 5.74) is 2.24. The summed E-state index contributed by atoms with van der Waals surface area (Å²) in [6.45, 7) is 0. The van der Waals surface area contributed by atoms with Crippen LogP contribution in [0.1, 0.15) is 5.69 Å². The lowest BCUT2D eigenvalue weighted by atomic mass is 10.2. The van der Waals surface area contributed by atoms with Crippen LogP contribution in [0.25, 0.3) is 11.8 Å². The molecule has 2 aromatic carbocycles. The van der Waals surface area contributed by atoms with Gasteiger partial charge in [-0.25, -0.2) is 4.90 Å². The molecule has 0 saturated carbocycles. The van der Waals surface area contributed by atoms with Crippen molar-refractivity contribution in [3.05, 3.63) is 87.0 Å². The van der Waals surface area contributed by atoms with Crippen molar-refractivity contribution in [2.24, 2.45) is 0 Å². The van der Waals surface area contributed by atoms with E-state index in [1.807, 2.05) is 47.2 Å². The molecule has 0 spiro atoms. The lowest BCUT2D eigenvalue weighted by Gasteiger charge is -2.12. The van der Waals surface area contributed by atoms with Crippen molar-refractivity contribution < 1.29 is 9.59 Å². The number of halogens is 2. The lowest BCUT2D eigenvalue weighted by molar-refractivity contribution is -0.113. The molecule has 0 bridgehead atoms. The average Bonchev–Trinajstić information content (AvgIpc) is 3.20. The van der Waals surface area contributed by atoms with Gasteiger partial charge in [-0.1, -0.05) is 33.6 Å². The quantitative estimate of drug-likeness (QED) is 0.442. The third-order valence-corrected chi connectivity index (χ3v) is 5.66. The van der Waals surface area contributed by atoms with Crippen molar-refractivity contribution in [2.45, 2.75) is 0 Å². The number of carbonyl (C=O) groups is 2. The molecule has 1 fully saturated rings. The van der Waals surface area contributed by atoms with Crippen LogP contribution < -0.4 is 4.90 Å². The molecule has 0 N–H and O–H groups in total. The minimum absolute atomic E-state index is 0.338. The topological polar surface area (TPSA) is 42.3 Å². The molecule has 3 aromatic rings. The van der Waals surface area contributed by atoms with Gasteiger partial charge in [0.25, 0.3) is 11.1 Å². The highest BCUT2D eigenvalue weighted by Gasteiger charge is 2.36. The number of aromatic nitrogens is 1. The highest BCUT2D eigenvalue weighted by atomic mass is 79.9. The molecule has 4 rings (SSSR count). The predicted octanol–water partition coefficient (Wildman–Crippen LogP) is 6.13. The number of nitrogens with zero attached hydrogens (tertiary/aromatic N) is 2. The summed E-state index contributed by atoms with van der Waals surface area (Å²) in [6, 6.07) is 18.3. The van der Waals surface area contributed by atoms with E-state index in [9.17, 15) is 9.59 Å². The lowest BCUT2D eigenvalue weighted by Crippen LogP contribution is -2.27. The molecule has 1 aliphatic heterocycles. The van der Waals surface area contributed by atoms with E-state index < -0.39 is 0 Å². The van der Waals surface area contributed by atoms with Crippen LogP contribution >= 0.6 is 39.3 Å². The van der Waals surface area contributed by atoms with Crippen LogP contribution in [-0.4, -0.2) is 15.7 Å². The Morgan fingerprint density at radius 1 is 0.963 bits per heavy atom. The monoisotopic (exact) mass is 458 g/mol. The molecule has 134 valence electrons. The maximum atomic E-state index is 12.8. The normalized spacial score (nSPS) is 15.8. The van der Waals surface area contributed by atoms with E-state index in [1.165, 1.54) is 0 Å². The summed E-state index contributed by atoms with van der Waals surface area (Å²) in [7, 11) is 0. The fraction of sp³-hybridized carbons (Fsp3) is 0. The molecule has 0 atom stereocenters. The van der Waals surface area contributed by atoms with Crippen molar-refractivity contribution in [1.29, 1.82) is 0 Å². The Balaban J connectivity index is 1.68. The van der Waals surface area contributed by atoms with Gasteiger partial charge in [0.05, 0.1) is 10.6 Å². The molecular weight excluding hydrogens is 448 g/mol. The first-order valence-corrected chi connectivity index (χ1v) is 9.98. The molecule has 2 amide bonds. The number of anilines is 1. The number of amides is 2. The summed E-state index contributed by atoms with van der Waals surface area (Å²) in [4.78, 5) is 26.7. The van der Waals surface area contributed by atoms with E-state index in [0.29, 0.717) is 15.6 Å². The summed E-state index contributed by atoms with van der Waals surface area (Å²) in [6.07, 6.45) is 3.65. The van der Waals surface area contributed by atoms with Gasteiger partial charge in [0.2, 0.25) is 0 Å². The molecule has 4 nitrogen and oxygen atoms in total. The van der Waals surface area contributed by atoms with Crippen LogP contribution in [0, 0.1) is 0 Å². The zero-order valence-corrected chi connectivity index (χ0v) is 17.0. The van der Waals surface area contributed by atoms with E-state index in [-0.39, 0.29) is 11.1 Å². The third-order valence-electron chi connectivity index (χ3n) is 4.02. The largest absolute Gasteiger partial charge is 0.317 e. The Bertz CT molecular complexity index is 1080. The minimum atomic E-state index is -0.351. The summed E-state index contributed by atoms with van der Waals surface area (Å²) in [5.74, 6) is -0.351. The molecule has 0 unspecified atom stereocenters. The van der Waals surface area contributed by atoms with Crippen molar-refractivity contribution >= 4 is 62.2 Å². The van der Waals surface area contributed by atoms with Crippen molar-refractivity contribution in [3.63, 3.8) is 0 Å². The third kappa shape index (κ3) is 3.60. The van der Waals surface area contributed by atoms with Gasteiger partial charge in [-0.2, -0.15) is 0 Å². The Morgan fingerprint density at radius 2 is 1.74 bits per heavy atom.